The van der Waals surface area contributed by atoms with Gasteiger partial charge in [0.2, 0.25) is 5.91 Å². The lowest BCUT2D eigenvalue weighted by Gasteiger charge is -2.18. The molecule has 0 aromatic carbocycles. The van der Waals surface area contributed by atoms with Crippen LogP contribution in [0, 0.1) is 0 Å². The third-order valence-corrected chi connectivity index (χ3v) is 3.41. The minimum Gasteiger partial charge on any atom is -0.372 e. The van der Waals surface area contributed by atoms with Crippen LogP contribution >= 0.6 is 0 Å². The van der Waals surface area contributed by atoms with E-state index in [-0.39, 0.29) is 11.9 Å². The van der Waals surface area contributed by atoms with Crippen LogP contribution in [0.1, 0.15) is 13.3 Å². The van der Waals surface area contributed by atoms with Gasteiger partial charge in [0.05, 0.1) is 0 Å². The molecule has 2 aliphatic heterocycles. The number of nitrogens with one attached hydrogen (secondary N) is 2. The number of amidine groups is 1. The molecule has 0 bridgehead atoms. The smallest absolute Gasteiger partial charge is 0.243 e. The molecule has 0 aromatic rings. The Kier molecular flexibility index (Phi) is 4.40. The summed E-state index contributed by atoms with van der Waals surface area (Å²) in [6, 6.07) is 0.178. The van der Waals surface area contributed by atoms with Gasteiger partial charge in [0.15, 0.2) is 0 Å². The molecule has 0 spiro atoms. The summed E-state index contributed by atoms with van der Waals surface area (Å²) in [5.41, 5.74) is 1.96. The largest absolute Gasteiger partial charge is 0.372 e. The Morgan fingerprint density at radius 3 is 3.10 bits per heavy atom. The van der Waals surface area contributed by atoms with Gasteiger partial charge in [-0.1, -0.05) is 13.2 Å². The summed E-state index contributed by atoms with van der Waals surface area (Å²) in [5.74, 6) is 0.663. The Labute approximate surface area is 119 Å². The van der Waals surface area contributed by atoms with Crippen LogP contribution in [0.2, 0.25) is 0 Å². The first-order valence-electron chi connectivity index (χ1n) is 6.65. The Morgan fingerprint density at radius 2 is 2.45 bits per heavy atom. The Hall–Kier alpha value is -2.30. The SMILES string of the molecule is C=CC(=O)NC1CCN(/C(C)=C/N=C2/NC=CC2=C)C1. The second kappa shape index (κ2) is 6.23. The number of allylic oxidation sites excluding steroid dienone is 1. The minimum absolute atomic E-state index is 0.115. The summed E-state index contributed by atoms with van der Waals surface area (Å²) in [6.07, 6.45) is 7.79. The van der Waals surface area contributed by atoms with Crippen LogP contribution < -0.4 is 10.6 Å². The highest BCUT2D eigenvalue weighted by atomic mass is 16.1. The molecule has 5 heteroatoms. The van der Waals surface area contributed by atoms with Crippen molar-refractivity contribution in [2.45, 2.75) is 19.4 Å². The predicted octanol–water partition coefficient (Wildman–Crippen LogP) is 1.30. The van der Waals surface area contributed by atoms with E-state index in [4.69, 9.17) is 0 Å². The van der Waals surface area contributed by atoms with Crippen molar-refractivity contribution in [3.8, 4) is 0 Å². The maximum absolute atomic E-state index is 11.3. The molecule has 2 aliphatic rings. The van der Waals surface area contributed by atoms with Gasteiger partial charge in [0.25, 0.3) is 0 Å². The van der Waals surface area contributed by atoms with Crippen LogP contribution in [0.15, 0.2) is 54.0 Å². The van der Waals surface area contributed by atoms with Gasteiger partial charge in [-0.3, -0.25) is 4.79 Å². The number of amides is 1. The Bertz CT molecular complexity index is 516. The van der Waals surface area contributed by atoms with Crippen molar-refractivity contribution in [1.82, 2.24) is 15.5 Å². The zero-order valence-corrected chi connectivity index (χ0v) is 11.7. The van der Waals surface area contributed by atoms with Gasteiger partial charge in [0.1, 0.15) is 5.84 Å². The highest BCUT2D eigenvalue weighted by Crippen LogP contribution is 2.15. The van der Waals surface area contributed by atoms with Crippen LogP contribution in [0.5, 0.6) is 0 Å². The van der Waals surface area contributed by atoms with E-state index in [2.05, 4.69) is 33.7 Å². The van der Waals surface area contributed by atoms with E-state index in [1.165, 1.54) is 6.08 Å². The molecule has 0 radical (unpaired) electrons. The number of carbonyl (C=O) groups is 1. The van der Waals surface area contributed by atoms with Crippen molar-refractivity contribution in [3.63, 3.8) is 0 Å². The number of aliphatic imine (C=N–C) groups is 1. The zero-order chi connectivity index (χ0) is 14.5. The third-order valence-electron chi connectivity index (χ3n) is 3.41. The maximum atomic E-state index is 11.3. The number of hydrogen-bond acceptors (Lipinski definition) is 3. The zero-order valence-electron chi connectivity index (χ0n) is 11.7. The van der Waals surface area contributed by atoms with E-state index < -0.39 is 0 Å². The summed E-state index contributed by atoms with van der Waals surface area (Å²) in [5, 5.41) is 5.95. The molecule has 1 unspecified atom stereocenters. The third kappa shape index (κ3) is 3.38. The number of carbonyl (C=O) groups excluding carboxylic acids is 1. The van der Waals surface area contributed by atoms with E-state index in [9.17, 15) is 4.79 Å². The monoisotopic (exact) mass is 272 g/mol. The van der Waals surface area contributed by atoms with Crippen LogP contribution in [-0.4, -0.2) is 35.8 Å². The van der Waals surface area contributed by atoms with Crippen LogP contribution in [0.4, 0.5) is 0 Å². The molecule has 1 fully saturated rings. The van der Waals surface area contributed by atoms with Crippen molar-refractivity contribution in [1.29, 1.82) is 0 Å². The molecule has 0 saturated carbocycles. The molecular formula is C15H20N4O. The molecule has 106 valence electrons. The highest BCUT2D eigenvalue weighted by molar-refractivity contribution is 6.03. The average molecular weight is 272 g/mol. The lowest BCUT2D eigenvalue weighted by molar-refractivity contribution is -0.117. The summed E-state index contributed by atoms with van der Waals surface area (Å²) in [6.45, 7) is 11.1. The van der Waals surface area contributed by atoms with Crippen LogP contribution in [0.25, 0.3) is 0 Å². The molecule has 5 nitrogen and oxygen atoms in total. The molecule has 1 saturated heterocycles. The lowest BCUT2D eigenvalue weighted by Crippen LogP contribution is -2.35. The molecule has 0 aliphatic carbocycles. The van der Waals surface area contributed by atoms with E-state index in [1.807, 2.05) is 25.4 Å². The number of hydrogen-bond donors (Lipinski definition) is 2. The molecular weight excluding hydrogens is 252 g/mol. The van der Waals surface area contributed by atoms with Gasteiger partial charge in [-0.2, -0.15) is 0 Å². The first kappa shape index (κ1) is 14.1. The van der Waals surface area contributed by atoms with E-state index in [1.54, 1.807) is 0 Å². The molecule has 20 heavy (non-hydrogen) atoms. The normalized spacial score (nSPS) is 24.1. The van der Waals surface area contributed by atoms with Crippen molar-refractivity contribution in [2.24, 2.45) is 4.99 Å². The second-order valence-electron chi connectivity index (χ2n) is 4.90. The maximum Gasteiger partial charge on any atom is 0.243 e. The molecule has 1 amide bonds. The van der Waals surface area contributed by atoms with E-state index >= 15 is 0 Å². The number of nitrogens with zero attached hydrogens (tertiary/aromatic N) is 2. The Balaban J connectivity index is 1.91. The first-order chi connectivity index (χ1) is 9.60. The van der Waals surface area contributed by atoms with Crippen molar-refractivity contribution < 1.29 is 4.79 Å². The van der Waals surface area contributed by atoms with Crippen molar-refractivity contribution in [3.05, 3.63) is 49.0 Å². The van der Waals surface area contributed by atoms with Crippen LogP contribution in [-0.2, 0) is 4.79 Å². The van der Waals surface area contributed by atoms with Gasteiger partial charge >= 0.3 is 0 Å². The minimum atomic E-state index is -0.115. The van der Waals surface area contributed by atoms with Gasteiger partial charge in [-0.25, -0.2) is 4.99 Å². The molecule has 1 atom stereocenters. The topological polar surface area (TPSA) is 56.7 Å². The van der Waals surface area contributed by atoms with Gasteiger partial charge < -0.3 is 15.5 Å². The molecule has 2 rings (SSSR count). The van der Waals surface area contributed by atoms with Crippen molar-refractivity contribution in [2.75, 3.05) is 13.1 Å². The number of rotatable bonds is 4. The standard InChI is InChI=1S/C15H20N4O/c1-4-14(20)18-13-6-8-19(10-13)12(3)9-17-15-11(2)5-7-16-15/h4-5,7,9,13H,1-2,6,8,10H2,3H3,(H,16,17)(H,18,20)/b12-9+. The van der Waals surface area contributed by atoms with E-state index in [0.29, 0.717) is 0 Å². The summed E-state index contributed by atoms with van der Waals surface area (Å²) >= 11 is 0. The highest BCUT2D eigenvalue weighted by Gasteiger charge is 2.23. The Morgan fingerprint density at radius 1 is 1.65 bits per heavy atom. The average Bonchev–Trinajstić information content (AvgIpc) is 3.05. The quantitative estimate of drug-likeness (QED) is 0.758. The number of likely N-dealkylation sites (tertiary alicyclic amines) is 1. The fourth-order valence-corrected chi connectivity index (χ4v) is 2.21. The first-order valence-corrected chi connectivity index (χ1v) is 6.65. The van der Waals surface area contributed by atoms with Gasteiger partial charge in [-0.15, -0.1) is 0 Å². The van der Waals surface area contributed by atoms with Gasteiger partial charge in [0, 0.05) is 42.8 Å². The molecule has 2 heterocycles. The summed E-state index contributed by atoms with van der Waals surface area (Å²) in [4.78, 5) is 17.9. The molecule has 0 aromatic heterocycles. The fourth-order valence-electron chi connectivity index (χ4n) is 2.21. The van der Waals surface area contributed by atoms with Crippen molar-refractivity contribution >= 4 is 11.7 Å². The summed E-state index contributed by atoms with van der Waals surface area (Å²) in [7, 11) is 0. The van der Waals surface area contributed by atoms with E-state index in [0.717, 1.165) is 36.6 Å². The molecule has 2 N–H and O–H groups in total. The second-order valence-corrected chi connectivity index (χ2v) is 4.90. The van der Waals surface area contributed by atoms with Gasteiger partial charge in [-0.05, 0) is 25.5 Å². The fraction of sp³-hybridized carbons (Fsp3) is 0.333. The predicted molar refractivity (Wildman–Crippen MR) is 80.9 cm³/mol. The lowest BCUT2D eigenvalue weighted by atomic mass is 10.2. The summed E-state index contributed by atoms with van der Waals surface area (Å²) < 4.78 is 0. The van der Waals surface area contributed by atoms with Crippen LogP contribution in [0.3, 0.4) is 0 Å².